The SMILES string of the molecule is Cc1ccc(Cn2c(-c3ccccc3)cc3cc(F)ccc32)cc1. The van der Waals surface area contributed by atoms with Crippen LogP contribution < -0.4 is 0 Å². The van der Waals surface area contributed by atoms with Gasteiger partial charge < -0.3 is 4.57 Å². The number of nitrogens with zero attached hydrogens (tertiary/aromatic N) is 1. The van der Waals surface area contributed by atoms with Crippen molar-refractivity contribution in [3.05, 3.63) is 95.8 Å². The Morgan fingerprint density at radius 1 is 0.833 bits per heavy atom. The van der Waals surface area contributed by atoms with Gasteiger partial charge in [0.05, 0.1) is 0 Å². The van der Waals surface area contributed by atoms with Crippen LogP contribution in [0.2, 0.25) is 0 Å². The molecule has 1 aromatic heterocycles. The zero-order valence-electron chi connectivity index (χ0n) is 13.5. The van der Waals surface area contributed by atoms with Crippen molar-refractivity contribution in [2.45, 2.75) is 13.5 Å². The van der Waals surface area contributed by atoms with E-state index in [2.05, 4.69) is 54.0 Å². The fourth-order valence-corrected chi connectivity index (χ4v) is 3.14. The van der Waals surface area contributed by atoms with Crippen LogP contribution in [0.4, 0.5) is 4.39 Å². The lowest BCUT2D eigenvalue weighted by molar-refractivity contribution is 0.629. The number of hydrogen-bond donors (Lipinski definition) is 0. The van der Waals surface area contributed by atoms with Crippen LogP contribution in [0.5, 0.6) is 0 Å². The Hall–Kier alpha value is -2.87. The van der Waals surface area contributed by atoms with Crippen molar-refractivity contribution < 1.29 is 4.39 Å². The molecule has 0 N–H and O–H groups in total. The summed E-state index contributed by atoms with van der Waals surface area (Å²) in [4.78, 5) is 0. The van der Waals surface area contributed by atoms with E-state index in [4.69, 9.17) is 0 Å². The van der Waals surface area contributed by atoms with Crippen LogP contribution in [0.1, 0.15) is 11.1 Å². The average Bonchev–Trinajstić information content (AvgIpc) is 2.95. The van der Waals surface area contributed by atoms with Crippen LogP contribution in [0.3, 0.4) is 0 Å². The first kappa shape index (κ1) is 14.7. The highest BCUT2D eigenvalue weighted by atomic mass is 19.1. The molecule has 4 aromatic rings. The largest absolute Gasteiger partial charge is 0.336 e. The molecule has 0 fully saturated rings. The number of fused-ring (bicyclic) bond motifs is 1. The van der Waals surface area contributed by atoms with Gasteiger partial charge in [0.15, 0.2) is 0 Å². The maximum absolute atomic E-state index is 13.6. The summed E-state index contributed by atoms with van der Waals surface area (Å²) in [7, 11) is 0. The normalized spacial score (nSPS) is 11.1. The van der Waals surface area contributed by atoms with Gasteiger partial charge in [0.2, 0.25) is 0 Å². The van der Waals surface area contributed by atoms with Crippen LogP contribution >= 0.6 is 0 Å². The van der Waals surface area contributed by atoms with Gasteiger partial charge in [-0.05, 0) is 42.3 Å². The third-order valence-corrected chi connectivity index (χ3v) is 4.39. The second-order valence-electron chi connectivity index (χ2n) is 6.17. The molecule has 4 rings (SSSR count). The summed E-state index contributed by atoms with van der Waals surface area (Å²) in [6.07, 6.45) is 0. The topological polar surface area (TPSA) is 4.93 Å². The van der Waals surface area contributed by atoms with E-state index < -0.39 is 0 Å². The highest BCUT2D eigenvalue weighted by Gasteiger charge is 2.11. The quantitative estimate of drug-likeness (QED) is 0.450. The predicted molar refractivity (Wildman–Crippen MR) is 97.6 cm³/mol. The van der Waals surface area contributed by atoms with Gasteiger partial charge in [-0.25, -0.2) is 4.39 Å². The van der Waals surface area contributed by atoms with Crippen LogP contribution in [0, 0.1) is 12.7 Å². The van der Waals surface area contributed by atoms with E-state index in [1.807, 2.05) is 24.3 Å². The predicted octanol–water partition coefficient (Wildman–Crippen LogP) is 5.80. The van der Waals surface area contributed by atoms with Crippen LogP contribution in [0.25, 0.3) is 22.2 Å². The van der Waals surface area contributed by atoms with E-state index in [1.54, 1.807) is 6.07 Å². The van der Waals surface area contributed by atoms with E-state index in [1.165, 1.54) is 17.2 Å². The Morgan fingerprint density at radius 3 is 2.33 bits per heavy atom. The first-order chi connectivity index (χ1) is 11.7. The van der Waals surface area contributed by atoms with Gasteiger partial charge in [-0.15, -0.1) is 0 Å². The third-order valence-electron chi connectivity index (χ3n) is 4.39. The molecule has 0 atom stereocenters. The highest BCUT2D eigenvalue weighted by Crippen LogP contribution is 2.29. The monoisotopic (exact) mass is 315 g/mol. The van der Waals surface area contributed by atoms with Crippen LogP contribution in [-0.2, 0) is 6.54 Å². The Balaban J connectivity index is 1.89. The first-order valence-electron chi connectivity index (χ1n) is 8.10. The van der Waals surface area contributed by atoms with E-state index >= 15 is 0 Å². The summed E-state index contributed by atoms with van der Waals surface area (Å²) in [5.74, 6) is -0.199. The van der Waals surface area contributed by atoms with Gasteiger partial charge >= 0.3 is 0 Å². The molecule has 0 saturated heterocycles. The summed E-state index contributed by atoms with van der Waals surface area (Å²) in [6, 6.07) is 25.9. The fraction of sp³-hybridized carbons (Fsp3) is 0.0909. The molecular weight excluding hydrogens is 297 g/mol. The van der Waals surface area contributed by atoms with E-state index in [9.17, 15) is 4.39 Å². The Bertz CT molecular complexity index is 982. The minimum atomic E-state index is -0.199. The maximum Gasteiger partial charge on any atom is 0.123 e. The third kappa shape index (κ3) is 2.71. The van der Waals surface area contributed by atoms with Crippen molar-refractivity contribution in [1.82, 2.24) is 4.57 Å². The molecule has 0 aliphatic rings. The van der Waals surface area contributed by atoms with Crippen molar-refractivity contribution in [2.75, 3.05) is 0 Å². The number of rotatable bonds is 3. The number of aromatic nitrogens is 1. The second kappa shape index (κ2) is 5.97. The number of hydrogen-bond acceptors (Lipinski definition) is 0. The maximum atomic E-state index is 13.6. The lowest BCUT2D eigenvalue weighted by Crippen LogP contribution is -2.01. The van der Waals surface area contributed by atoms with Gasteiger partial charge in [0, 0.05) is 23.1 Å². The zero-order valence-corrected chi connectivity index (χ0v) is 13.5. The summed E-state index contributed by atoms with van der Waals surface area (Å²) < 4.78 is 15.9. The van der Waals surface area contributed by atoms with E-state index in [-0.39, 0.29) is 5.82 Å². The van der Waals surface area contributed by atoms with Gasteiger partial charge in [0.25, 0.3) is 0 Å². The molecule has 0 saturated carbocycles. The molecule has 3 aromatic carbocycles. The molecule has 1 nitrogen and oxygen atoms in total. The van der Waals surface area contributed by atoms with Gasteiger partial charge in [0.1, 0.15) is 5.82 Å². The molecule has 0 aliphatic heterocycles. The van der Waals surface area contributed by atoms with Gasteiger partial charge in [-0.3, -0.25) is 0 Å². The Kier molecular flexibility index (Phi) is 3.66. The van der Waals surface area contributed by atoms with Crippen molar-refractivity contribution in [1.29, 1.82) is 0 Å². The van der Waals surface area contributed by atoms with E-state index in [0.29, 0.717) is 0 Å². The molecule has 118 valence electrons. The summed E-state index contributed by atoms with van der Waals surface area (Å²) in [5.41, 5.74) is 5.79. The molecule has 0 spiro atoms. The molecular formula is C22H18FN. The van der Waals surface area contributed by atoms with Crippen LogP contribution in [-0.4, -0.2) is 4.57 Å². The Labute approximate surface area is 141 Å². The summed E-state index contributed by atoms with van der Waals surface area (Å²) in [5, 5.41) is 0.931. The minimum absolute atomic E-state index is 0.199. The molecule has 0 bridgehead atoms. The molecule has 2 heteroatoms. The number of halogens is 1. The molecule has 0 amide bonds. The van der Waals surface area contributed by atoms with E-state index in [0.717, 1.165) is 28.7 Å². The number of benzene rings is 3. The van der Waals surface area contributed by atoms with Crippen molar-refractivity contribution >= 4 is 10.9 Å². The molecule has 0 unspecified atom stereocenters. The average molecular weight is 315 g/mol. The zero-order chi connectivity index (χ0) is 16.5. The van der Waals surface area contributed by atoms with Gasteiger partial charge in [-0.1, -0.05) is 60.2 Å². The minimum Gasteiger partial charge on any atom is -0.336 e. The molecule has 0 aliphatic carbocycles. The number of aryl methyl sites for hydroxylation is 1. The fourth-order valence-electron chi connectivity index (χ4n) is 3.14. The van der Waals surface area contributed by atoms with Crippen molar-refractivity contribution in [3.8, 4) is 11.3 Å². The van der Waals surface area contributed by atoms with Crippen molar-refractivity contribution in [2.24, 2.45) is 0 Å². The lowest BCUT2D eigenvalue weighted by atomic mass is 10.1. The molecule has 1 heterocycles. The summed E-state index contributed by atoms with van der Waals surface area (Å²) in [6.45, 7) is 2.85. The summed E-state index contributed by atoms with van der Waals surface area (Å²) >= 11 is 0. The first-order valence-corrected chi connectivity index (χ1v) is 8.10. The Morgan fingerprint density at radius 2 is 1.58 bits per heavy atom. The smallest absolute Gasteiger partial charge is 0.123 e. The lowest BCUT2D eigenvalue weighted by Gasteiger charge is -2.12. The molecule has 24 heavy (non-hydrogen) atoms. The van der Waals surface area contributed by atoms with Crippen molar-refractivity contribution in [3.63, 3.8) is 0 Å². The second-order valence-corrected chi connectivity index (χ2v) is 6.17. The van der Waals surface area contributed by atoms with Gasteiger partial charge in [-0.2, -0.15) is 0 Å². The highest BCUT2D eigenvalue weighted by molar-refractivity contribution is 5.87. The standard InChI is InChI=1S/C22H18FN/c1-16-7-9-17(10-8-16)15-24-21-12-11-20(23)13-19(21)14-22(24)18-5-3-2-4-6-18/h2-14H,15H2,1H3. The van der Waals surface area contributed by atoms with Crippen LogP contribution in [0.15, 0.2) is 78.9 Å². The molecule has 0 radical (unpaired) electrons.